The monoisotopic (exact) mass is 232 g/mol. The van der Waals surface area contributed by atoms with Crippen LogP contribution in [0.2, 0.25) is 0 Å². The van der Waals surface area contributed by atoms with Gasteiger partial charge in [-0.05, 0) is 42.2 Å². The number of thiophene rings is 1. The Kier molecular flexibility index (Phi) is 3.01. The Morgan fingerprint density at radius 2 is 2.31 bits per heavy atom. The summed E-state index contributed by atoms with van der Waals surface area (Å²) in [5.74, 6) is -0.0206. The summed E-state index contributed by atoms with van der Waals surface area (Å²) in [7, 11) is 1.76. The van der Waals surface area contributed by atoms with Crippen LogP contribution >= 0.6 is 11.3 Å². The first-order chi connectivity index (χ1) is 7.68. The second kappa shape index (κ2) is 4.45. The first-order valence-electron chi connectivity index (χ1n) is 4.93. The molecule has 2 aromatic rings. The first-order valence-corrected chi connectivity index (χ1v) is 5.81. The fraction of sp³-hybridized carbons (Fsp3) is 0.167. The Bertz CT molecular complexity index is 537. The van der Waals surface area contributed by atoms with Gasteiger partial charge in [-0.25, -0.2) is 0 Å². The van der Waals surface area contributed by atoms with Crippen LogP contribution in [0.5, 0.6) is 0 Å². The van der Waals surface area contributed by atoms with Crippen molar-refractivity contribution in [2.24, 2.45) is 7.05 Å². The molecule has 2 heterocycles. The van der Waals surface area contributed by atoms with Gasteiger partial charge in [0.1, 0.15) is 5.69 Å². The van der Waals surface area contributed by atoms with Crippen molar-refractivity contribution in [2.45, 2.75) is 6.92 Å². The Labute approximate surface area is 98.0 Å². The summed E-state index contributed by atoms with van der Waals surface area (Å²) in [4.78, 5) is 12.9. The minimum Gasteiger partial charge on any atom is -0.288 e. The van der Waals surface area contributed by atoms with Crippen molar-refractivity contribution in [3.8, 4) is 0 Å². The van der Waals surface area contributed by atoms with E-state index in [9.17, 15) is 4.79 Å². The number of aryl methyl sites for hydroxylation is 2. The predicted octanol–water partition coefficient (Wildman–Crippen LogP) is 2.69. The first kappa shape index (κ1) is 10.8. The topological polar surface area (TPSA) is 34.9 Å². The molecule has 82 valence electrons. The Balaban J connectivity index is 2.17. The van der Waals surface area contributed by atoms with Crippen molar-refractivity contribution < 1.29 is 4.79 Å². The van der Waals surface area contributed by atoms with Crippen molar-refractivity contribution in [1.29, 1.82) is 0 Å². The molecular formula is C12H12N2OS. The third kappa shape index (κ3) is 2.12. The molecule has 0 aliphatic rings. The van der Waals surface area contributed by atoms with Crippen LogP contribution in [0.15, 0.2) is 29.8 Å². The van der Waals surface area contributed by atoms with Gasteiger partial charge in [0.15, 0.2) is 0 Å². The molecule has 2 rings (SSSR count). The van der Waals surface area contributed by atoms with E-state index in [0.29, 0.717) is 5.69 Å². The normalized spacial score (nSPS) is 11.1. The maximum Gasteiger partial charge on any atom is 0.203 e. The quantitative estimate of drug-likeness (QED) is 0.602. The molecule has 0 N–H and O–H groups in total. The second-order valence-electron chi connectivity index (χ2n) is 3.51. The minimum atomic E-state index is -0.0206. The van der Waals surface area contributed by atoms with Crippen LogP contribution in [0.3, 0.4) is 0 Å². The van der Waals surface area contributed by atoms with Gasteiger partial charge in [-0.1, -0.05) is 0 Å². The van der Waals surface area contributed by atoms with E-state index in [1.165, 1.54) is 5.56 Å². The van der Waals surface area contributed by atoms with E-state index in [2.05, 4.69) is 5.10 Å². The molecule has 2 aromatic heterocycles. The summed E-state index contributed by atoms with van der Waals surface area (Å²) < 4.78 is 1.58. The molecule has 0 aliphatic heterocycles. The smallest absolute Gasteiger partial charge is 0.203 e. The van der Waals surface area contributed by atoms with Crippen molar-refractivity contribution in [3.05, 3.63) is 45.9 Å². The molecule has 0 bridgehead atoms. The number of aromatic nitrogens is 2. The maximum absolute atomic E-state index is 11.8. The van der Waals surface area contributed by atoms with Gasteiger partial charge in [0.05, 0.1) is 0 Å². The molecule has 0 amide bonds. The van der Waals surface area contributed by atoms with Crippen LogP contribution in [0, 0.1) is 6.92 Å². The molecule has 3 nitrogen and oxygen atoms in total. The molecule has 16 heavy (non-hydrogen) atoms. The summed E-state index contributed by atoms with van der Waals surface area (Å²) in [6.07, 6.45) is 5.07. The number of rotatable bonds is 3. The van der Waals surface area contributed by atoms with Crippen LogP contribution in [-0.2, 0) is 7.05 Å². The lowest BCUT2D eigenvalue weighted by molar-refractivity contribution is 0.103. The van der Waals surface area contributed by atoms with Crippen molar-refractivity contribution >= 4 is 23.2 Å². The third-order valence-corrected chi connectivity index (χ3v) is 3.35. The zero-order valence-corrected chi connectivity index (χ0v) is 9.99. The standard InChI is InChI=1S/C12H12N2OS/c1-9-6-8-16-12(9)4-3-11(15)10-5-7-13-14(10)2/h3-8H,1-2H3/b4-3+. The van der Waals surface area contributed by atoms with Gasteiger partial charge in [0, 0.05) is 18.1 Å². The fourth-order valence-corrected chi connectivity index (χ4v) is 2.23. The lowest BCUT2D eigenvalue weighted by atomic mass is 10.2. The van der Waals surface area contributed by atoms with Gasteiger partial charge < -0.3 is 0 Å². The van der Waals surface area contributed by atoms with Crippen LogP contribution in [0.25, 0.3) is 6.08 Å². The summed E-state index contributed by atoms with van der Waals surface area (Å²) in [6, 6.07) is 3.76. The summed E-state index contributed by atoms with van der Waals surface area (Å²) in [6.45, 7) is 2.03. The van der Waals surface area contributed by atoms with Crippen molar-refractivity contribution in [2.75, 3.05) is 0 Å². The molecule has 0 spiro atoms. The molecule has 4 heteroatoms. The number of carbonyl (C=O) groups excluding carboxylic acids is 1. The van der Waals surface area contributed by atoms with Gasteiger partial charge in [-0.3, -0.25) is 9.48 Å². The number of hydrogen-bond acceptors (Lipinski definition) is 3. The number of carbonyl (C=O) groups is 1. The largest absolute Gasteiger partial charge is 0.288 e. The second-order valence-corrected chi connectivity index (χ2v) is 4.45. The summed E-state index contributed by atoms with van der Waals surface area (Å²) >= 11 is 1.63. The van der Waals surface area contributed by atoms with Crippen LogP contribution in [0.4, 0.5) is 0 Å². The van der Waals surface area contributed by atoms with E-state index in [4.69, 9.17) is 0 Å². The number of nitrogens with zero attached hydrogens (tertiary/aromatic N) is 2. The van der Waals surface area contributed by atoms with E-state index in [1.807, 2.05) is 24.4 Å². The van der Waals surface area contributed by atoms with E-state index >= 15 is 0 Å². The van der Waals surface area contributed by atoms with Gasteiger partial charge in [0.2, 0.25) is 5.78 Å². The molecule has 0 atom stereocenters. The van der Waals surface area contributed by atoms with Gasteiger partial charge in [-0.2, -0.15) is 5.10 Å². The molecule has 0 unspecified atom stereocenters. The highest BCUT2D eigenvalue weighted by atomic mass is 32.1. The van der Waals surface area contributed by atoms with Gasteiger partial charge in [0.25, 0.3) is 0 Å². The maximum atomic E-state index is 11.8. The predicted molar refractivity (Wildman–Crippen MR) is 65.6 cm³/mol. The highest BCUT2D eigenvalue weighted by Gasteiger charge is 2.06. The average molecular weight is 232 g/mol. The lowest BCUT2D eigenvalue weighted by Crippen LogP contribution is -2.03. The Morgan fingerprint density at radius 3 is 2.88 bits per heavy atom. The molecule has 0 radical (unpaired) electrons. The molecule has 0 fully saturated rings. The van der Waals surface area contributed by atoms with Crippen molar-refractivity contribution in [3.63, 3.8) is 0 Å². The Morgan fingerprint density at radius 1 is 1.50 bits per heavy atom. The third-order valence-electron chi connectivity index (χ3n) is 2.36. The molecule has 0 saturated heterocycles. The molecular weight excluding hydrogens is 220 g/mol. The molecule has 0 aromatic carbocycles. The lowest BCUT2D eigenvalue weighted by Gasteiger charge is -1.95. The minimum absolute atomic E-state index is 0.0206. The Hall–Kier alpha value is -1.68. The van der Waals surface area contributed by atoms with Crippen LogP contribution in [-0.4, -0.2) is 15.6 Å². The average Bonchev–Trinajstić information content (AvgIpc) is 2.84. The van der Waals surface area contributed by atoms with Crippen LogP contribution in [0.1, 0.15) is 20.9 Å². The SMILES string of the molecule is Cc1ccsc1/C=C/C(=O)c1ccnn1C. The molecule has 0 aliphatic carbocycles. The van der Waals surface area contributed by atoms with Gasteiger partial charge >= 0.3 is 0 Å². The zero-order chi connectivity index (χ0) is 11.5. The number of ketones is 1. The fourth-order valence-electron chi connectivity index (χ4n) is 1.41. The zero-order valence-electron chi connectivity index (χ0n) is 9.18. The number of allylic oxidation sites excluding steroid dienone is 1. The van der Waals surface area contributed by atoms with E-state index in [-0.39, 0.29) is 5.78 Å². The summed E-state index contributed by atoms with van der Waals surface area (Å²) in [5.41, 5.74) is 1.80. The van der Waals surface area contributed by atoms with Gasteiger partial charge in [-0.15, -0.1) is 11.3 Å². The number of hydrogen-bond donors (Lipinski definition) is 0. The molecule has 0 saturated carbocycles. The highest BCUT2D eigenvalue weighted by molar-refractivity contribution is 7.11. The van der Waals surface area contributed by atoms with E-state index < -0.39 is 0 Å². The van der Waals surface area contributed by atoms with E-state index in [0.717, 1.165) is 4.88 Å². The highest BCUT2D eigenvalue weighted by Crippen LogP contribution is 2.17. The van der Waals surface area contributed by atoms with Crippen LogP contribution < -0.4 is 0 Å². The van der Waals surface area contributed by atoms with Crippen molar-refractivity contribution in [1.82, 2.24) is 9.78 Å². The summed E-state index contributed by atoms with van der Waals surface area (Å²) in [5, 5.41) is 5.98. The van der Waals surface area contributed by atoms with E-state index in [1.54, 1.807) is 41.4 Å².